The summed E-state index contributed by atoms with van der Waals surface area (Å²) in [6.07, 6.45) is 0.932. The standard InChI is InChI=1S/C13H20BrNO2/c1-4-13(2,9-16)8-15-11-5-10(14)6-12(7-11)17-3/h5-7,15-16H,4,8-9H2,1-3H3. The average molecular weight is 302 g/mol. The van der Waals surface area contributed by atoms with Gasteiger partial charge >= 0.3 is 0 Å². The molecule has 0 radical (unpaired) electrons. The summed E-state index contributed by atoms with van der Waals surface area (Å²) in [7, 11) is 1.65. The van der Waals surface area contributed by atoms with Gasteiger partial charge in [0.05, 0.1) is 13.7 Å². The van der Waals surface area contributed by atoms with Crippen LogP contribution < -0.4 is 10.1 Å². The number of hydrogen-bond acceptors (Lipinski definition) is 3. The molecule has 0 aromatic heterocycles. The molecule has 17 heavy (non-hydrogen) atoms. The van der Waals surface area contributed by atoms with Gasteiger partial charge in [-0.15, -0.1) is 0 Å². The lowest BCUT2D eigenvalue weighted by atomic mass is 9.88. The minimum atomic E-state index is -0.0877. The fourth-order valence-corrected chi connectivity index (χ4v) is 1.86. The van der Waals surface area contributed by atoms with Crippen LogP contribution in [0, 0.1) is 5.41 Å². The van der Waals surface area contributed by atoms with Crippen LogP contribution in [0.4, 0.5) is 5.69 Å². The summed E-state index contributed by atoms with van der Waals surface area (Å²) in [5, 5.41) is 12.7. The van der Waals surface area contributed by atoms with Gasteiger partial charge in [-0.1, -0.05) is 29.8 Å². The Morgan fingerprint density at radius 3 is 2.65 bits per heavy atom. The van der Waals surface area contributed by atoms with E-state index in [9.17, 15) is 5.11 Å². The fraction of sp³-hybridized carbons (Fsp3) is 0.538. The third-order valence-corrected chi connectivity index (χ3v) is 3.52. The summed E-state index contributed by atoms with van der Waals surface area (Å²) < 4.78 is 6.17. The molecule has 0 bridgehead atoms. The first-order chi connectivity index (χ1) is 8.03. The molecular formula is C13H20BrNO2. The van der Waals surface area contributed by atoms with Crippen molar-refractivity contribution in [3.63, 3.8) is 0 Å². The summed E-state index contributed by atoms with van der Waals surface area (Å²) in [5.74, 6) is 0.809. The highest BCUT2D eigenvalue weighted by atomic mass is 79.9. The lowest BCUT2D eigenvalue weighted by Crippen LogP contribution is -2.29. The van der Waals surface area contributed by atoms with Gasteiger partial charge in [0.15, 0.2) is 0 Å². The Kier molecular flexibility index (Phi) is 5.28. The Bertz CT molecular complexity index is 364. The fourth-order valence-electron chi connectivity index (χ4n) is 1.39. The second-order valence-electron chi connectivity index (χ2n) is 4.56. The van der Waals surface area contributed by atoms with Crippen molar-refractivity contribution in [2.45, 2.75) is 20.3 Å². The molecule has 0 saturated heterocycles. The Labute approximate surface area is 111 Å². The number of anilines is 1. The van der Waals surface area contributed by atoms with Crippen LogP contribution in [0.15, 0.2) is 22.7 Å². The van der Waals surface area contributed by atoms with E-state index >= 15 is 0 Å². The highest BCUT2D eigenvalue weighted by Crippen LogP contribution is 2.26. The van der Waals surface area contributed by atoms with Crippen molar-refractivity contribution in [3.05, 3.63) is 22.7 Å². The molecule has 3 nitrogen and oxygen atoms in total. The predicted octanol–water partition coefficient (Wildman–Crippen LogP) is 3.28. The van der Waals surface area contributed by atoms with Crippen molar-refractivity contribution in [2.24, 2.45) is 5.41 Å². The van der Waals surface area contributed by atoms with Crippen LogP contribution in [-0.2, 0) is 0 Å². The van der Waals surface area contributed by atoms with Gasteiger partial charge in [-0.05, 0) is 18.6 Å². The molecule has 0 fully saturated rings. The summed E-state index contributed by atoms with van der Waals surface area (Å²) in [6.45, 7) is 5.07. The first-order valence-corrected chi connectivity index (χ1v) is 6.51. The number of aliphatic hydroxyl groups is 1. The minimum Gasteiger partial charge on any atom is -0.497 e. The number of nitrogens with one attached hydrogen (secondary N) is 1. The van der Waals surface area contributed by atoms with E-state index in [-0.39, 0.29) is 12.0 Å². The van der Waals surface area contributed by atoms with Gasteiger partial charge in [0.1, 0.15) is 5.75 Å². The molecule has 96 valence electrons. The zero-order chi connectivity index (χ0) is 12.9. The largest absolute Gasteiger partial charge is 0.497 e. The lowest BCUT2D eigenvalue weighted by molar-refractivity contribution is 0.149. The smallest absolute Gasteiger partial charge is 0.122 e. The molecule has 1 rings (SSSR count). The molecule has 0 heterocycles. The van der Waals surface area contributed by atoms with E-state index in [0.29, 0.717) is 0 Å². The second-order valence-corrected chi connectivity index (χ2v) is 5.47. The van der Waals surface area contributed by atoms with Crippen molar-refractivity contribution >= 4 is 21.6 Å². The molecule has 0 aliphatic carbocycles. The predicted molar refractivity (Wildman–Crippen MR) is 74.7 cm³/mol. The van der Waals surface area contributed by atoms with E-state index in [4.69, 9.17) is 4.74 Å². The van der Waals surface area contributed by atoms with E-state index < -0.39 is 0 Å². The Hall–Kier alpha value is -0.740. The van der Waals surface area contributed by atoms with Crippen LogP contribution in [0.1, 0.15) is 20.3 Å². The van der Waals surface area contributed by atoms with Crippen LogP contribution in [-0.4, -0.2) is 25.4 Å². The van der Waals surface area contributed by atoms with E-state index in [1.807, 2.05) is 18.2 Å². The zero-order valence-electron chi connectivity index (χ0n) is 10.6. The SMILES string of the molecule is CCC(C)(CO)CNc1cc(Br)cc(OC)c1. The number of methoxy groups -OCH3 is 1. The highest BCUT2D eigenvalue weighted by Gasteiger charge is 2.20. The number of rotatable bonds is 6. The van der Waals surface area contributed by atoms with Gasteiger partial charge < -0.3 is 15.2 Å². The Morgan fingerprint density at radius 2 is 2.12 bits per heavy atom. The Morgan fingerprint density at radius 1 is 1.41 bits per heavy atom. The number of halogens is 1. The molecule has 1 aromatic rings. The summed E-state index contributed by atoms with van der Waals surface area (Å²) in [6, 6.07) is 5.85. The molecular weight excluding hydrogens is 282 g/mol. The number of aliphatic hydroxyl groups excluding tert-OH is 1. The maximum Gasteiger partial charge on any atom is 0.122 e. The van der Waals surface area contributed by atoms with Crippen molar-refractivity contribution in [3.8, 4) is 5.75 Å². The molecule has 1 unspecified atom stereocenters. The van der Waals surface area contributed by atoms with Crippen molar-refractivity contribution in [1.29, 1.82) is 0 Å². The van der Waals surface area contributed by atoms with Crippen LogP contribution in [0.25, 0.3) is 0 Å². The first-order valence-electron chi connectivity index (χ1n) is 5.72. The van der Waals surface area contributed by atoms with Gasteiger partial charge in [-0.2, -0.15) is 0 Å². The number of hydrogen-bond donors (Lipinski definition) is 2. The average Bonchev–Trinajstić information content (AvgIpc) is 2.35. The third kappa shape index (κ3) is 4.21. The number of ether oxygens (including phenoxy) is 1. The number of benzene rings is 1. The maximum absolute atomic E-state index is 9.34. The van der Waals surface area contributed by atoms with Crippen LogP contribution in [0.2, 0.25) is 0 Å². The topological polar surface area (TPSA) is 41.5 Å². The summed E-state index contributed by atoms with van der Waals surface area (Å²) in [5.41, 5.74) is 0.902. The van der Waals surface area contributed by atoms with Crippen LogP contribution in [0.3, 0.4) is 0 Å². The lowest BCUT2D eigenvalue weighted by Gasteiger charge is -2.26. The third-order valence-electron chi connectivity index (χ3n) is 3.06. The molecule has 0 aliphatic rings. The van der Waals surface area contributed by atoms with E-state index in [0.717, 1.165) is 28.9 Å². The van der Waals surface area contributed by atoms with E-state index in [2.05, 4.69) is 35.1 Å². The Balaban J connectivity index is 2.72. The molecule has 2 N–H and O–H groups in total. The second kappa shape index (κ2) is 6.26. The van der Waals surface area contributed by atoms with Crippen molar-refractivity contribution in [2.75, 3.05) is 25.6 Å². The molecule has 1 atom stereocenters. The van der Waals surface area contributed by atoms with Gasteiger partial charge in [0.25, 0.3) is 0 Å². The first kappa shape index (κ1) is 14.3. The van der Waals surface area contributed by atoms with E-state index in [1.165, 1.54) is 0 Å². The van der Waals surface area contributed by atoms with Gasteiger partial charge in [0.2, 0.25) is 0 Å². The molecule has 4 heteroatoms. The molecule has 0 amide bonds. The molecule has 0 saturated carbocycles. The normalized spacial score (nSPS) is 14.2. The van der Waals surface area contributed by atoms with Gasteiger partial charge in [-0.25, -0.2) is 0 Å². The quantitative estimate of drug-likeness (QED) is 0.847. The van der Waals surface area contributed by atoms with Crippen molar-refractivity contribution < 1.29 is 9.84 Å². The highest BCUT2D eigenvalue weighted by molar-refractivity contribution is 9.10. The maximum atomic E-state index is 9.34. The molecule has 0 spiro atoms. The summed E-state index contributed by atoms with van der Waals surface area (Å²) in [4.78, 5) is 0. The van der Waals surface area contributed by atoms with Crippen LogP contribution >= 0.6 is 15.9 Å². The van der Waals surface area contributed by atoms with Crippen molar-refractivity contribution in [1.82, 2.24) is 0 Å². The monoisotopic (exact) mass is 301 g/mol. The van der Waals surface area contributed by atoms with Crippen LogP contribution in [0.5, 0.6) is 5.75 Å². The zero-order valence-corrected chi connectivity index (χ0v) is 12.2. The van der Waals surface area contributed by atoms with E-state index in [1.54, 1.807) is 7.11 Å². The molecule has 1 aromatic carbocycles. The molecule has 0 aliphatic heterocycles. The summed E-state index contributed by atoms with van der Waals surface area (Å²) >= 11 is 3.44. The minimum absolute atomic E-state index is 0.0877. The van der Waals surface area contributed by atoms with Gasteiger partial charge in [0, 0.05) is 28.2 Å². The van der Waals surface area contributed by atoms with Gasteiger partial charge in [-0.3, -0.25) is 0 Å².